The van der Waals surface area contributed by atoms with Crippen LogP contribution in [0.3, 0.4) is 0 Å². The highest BCUT2D eigenvalue weighted by Gasteiger charge is 2.15. The zero-order valence-corrected chi connectivity index (χ0v) is 16.2. The normalized spacial score (nSPS) is 11.8. The van der Waals surface area contributed by atoms with Gasteiger partial charge in [-0.3, -0.25) is 9.59 Å². The second kappa shape index (κ2) is 9.25. The van der Waals surface area contributed by atoms with Crippen LogP contribution in [0.15, 0.2) is 30.3 Å². The van der Waals surface area contributed by atoms with E-state index in [2.05, 4.69) is 15.6 Å². The Kier molecular flexibility index (Phi) is 7.03. The Morgan fingerprint density at radius 3 is 2.50 bits per heavy atom. The molecule has 0 radical (unpaired) electrons. The largest absolute Gasteiger partial charge is 0.488 e. The van der Waals surface area contributed by atoms with Crippen molar-refractivity contribution in [1.29, 1.82) is 0 Å². The molecule has 2 amide bonds. The third-order valence-corrected chi connectivity index (χ3v) is 3.82. The number of alkyl halides is 2. The predicted molar refractivity (Wildman–Crippen MR) is 102 cm³/mol. The summed E-state index contributed by atoms with van der Waals surface area (Å²) in [6, 6.07) is 7.84. The minimum absolute atomic E-state index is 0.283. The smallest absolute Gasteiger partial charge is 0.272 e. The molecular formula is C20H23F2N3O3. The van der Waals surface area contributed by atoms with E-state index in [1.165, 1.54) is 13.0 Å². The molecule has 0 saturated heterocycles. The van der Waals surface area contributed by atoms with Crippen LogP contribution in [0.25, 0.3) is 0 Å². The van der Waals surface area contributed by atoms with Gasteiger partial charge in [0.2, 0.25) is 5.91 Å². The van der Waals surface area contributed by atoms with Crippen molar-refractivity contribution in [2.75, 3.05) is 11.9 Å². The van der Waals surface area contributed by atoms with Crippen LogP contribution in [0.2, 0.25) is 0 Å². The maximum absolute atomic E-state index is 12.6. The first kappa shape index (κ1) is 21.3. The van der Waals surface area contributed by atoms with Crippen LogP contribution in [0.5, 0.6) is 5.75 Å². The molecule has 28 heavy (non-hydrogen) atoms. The summed E-state index contributed by atoms with van der Waals surface area (Å²) in [5.74, 6) is -0.0114. The van der Waals surface area contributed by atoms with E-state index in [1.54, 1.807) is 32.0 Å². The van der Waals surface area contributed by atoms with Crippen molar-refractivity contribution < 1.29 is 23.1 Å². The van der Waals surface area contributed by atoms with Gasteiger partial charge in [0.15, 0.2) is 0 Å². The number of carbonyl (C=O) groups excluding carboxylic acids is 2. The van der Waals surface area contributed by atoms with E-state index in [-0.39, 0.29) is 17.9 Å². The molecule has 0 bridgehead atoms. The second-order valence-corrected chi connectivity index (χ2v) is 6.54. The number of benzene rings is 1. The summed E-state index contributed by atoms with van der Waals surface area (Å²) >= 11 is 0. The van der Waals surface area contributed by atoms with E-state index in [0.29, 0.717) is 22.8 Å². The molecule has 0 aliphatic carbocycles. The molecule has 0 fully saturated rings. The van der Waals surface area contributed by atoms with Crippen LogP contribution < -0.4 is 15.4 Å². The number of pyridine rings is 1. The number of amides is 2. The summed E-state index contributed by atoms with van der Waals surface area (Å²) in [4.78, 5) is 28.0. The lowest BCUT2D eigenvalue weighted by Crippen LogP contribution is -2.27. The second-order valence-electron chi connectivity index (χ2n) is 6.54. The molecule has 0 aliphatic heterocycles. The standard InChI is InChI=1S/C20H23F2N3O3/c1-11-5-15(8-17(6-11)28-10-18(21)22)13(3)24-20(27)16-7-12(2)23-19(9-16)25-14(4)26/h5-9,13,18H,10H2,1-4H3,(H,24,27)(H,23,25,26). The highest BCUT2D eigenvalue weighted by Crippen LogP contribution is 2.23. The number of aromatic nitrogens is 1. The van der Waals surface area contributed by atoms with E-state index in [1.807, 2.05) is 13.0 Å². The third kappa shape index (κ3) is 6.29. The molecule has 2 rings (SSSR count). The maximum atomic E-state index is 12.6. The number of rotatable bonds is 7. The van der Waals surface area contributed by atoms with E-state index in [0.717, 1.165) is 11.1 Å². The molecule has 150 valence electrons. The van der Waals surface area contributed by atoms with Crippen LogP contribution in [0.1, 0.15) is 47.1 Å². The number of halogens is 2. The van der Waals surface area contributed by atoms with Crippen molar-refractivity contribution in [2.24, 2.45) is 0 Å². The fraction of sp³-hybridized carbons (Fsp3) is 0.350. The lowest BCUT2D eigenvalue weighted by atomic mass is 10.0. The monoisotopic (exact) mass is 391 g/mol. The molecule has 1 heterocycles. The zero-order valence-electron chi connectivity index (χ0n) is 16.2. The first-order valence-corrected chi connectivity index (χ1v) is 8.73. The Hall–Kier alpha value is -3.03. The van der Waals surface area contributed by atoms with E-state index in [9.17, 15) is 18.4 Å². The van der Waals surface area contributed by atoms with Crippen molar-refractivity contribution >= 4 is 17.6 Å². The molecule has 0 aliphatic rings. The number of hydrogen-bond donors (Lipinski definition) is 2. The molecule has 2 N–H and O–H groups in total. The average Bonchev–Trinajstić information content (AvgIpc) is 2.58. The lowest BCUT2D eigenvalue weighted by Gasteiger charge is -2.17. The summed E-state index contributed by atoms with van der Waals surface area (Å²) in [5.41, 5.74) is 2.49. The van der Waals surface area contributed by atoms with Crippen molar-refractivity contribution in [3.05, 3.63) is 52.7 Å². The van der Waals surface area contributed by atoms with Gasteiger partial charge >= 0.3 is 0 Å². The molecular weight excluding hydrogens is 368 g/mol. The molecule has 1 aromatic carbocycles. The Bertz CT molecular complexity index is 872. The number of aryl methyl sites for hydroxylation is 2. The van der Waals surface area contributed by atoms with Gasteiger partial charge in [0.25, 0.3) is 12.3 Å². The van der Waals surface area contributed by atoms with Crippen molar-refractivity contribution in [1.82, 2.24) is 10.3 Å². The number of anilines is 1. The molecule has 1 aromatic heterocycles. The average molecular weight is 391 g/mol. The fourth-order valence-corrected chi connectivity index (χ4v) is 2.68. The zero-order chi connectivity index (χ0) is 20.8. The predicted octanol–water partition coefficient (Wildman–Crippen LogP) is 3.79. The Morgan fingerprint density at radius 1 is 1.14 bits per heavy atom. The summed E-state index contributed by atoms with van der Waals surface area (Å²) < 4.78 is 29.8. The number of nitrogens with zero attached hydrogens (tertiary/aromatic N) is 1. The minimum atomic E-state index is -2.56. The first-order chi connectivity index (χ1) is 13.1. The van der Waals surface area contributed by atoms with E-state index in [4.69, 9.17) is 4.74 Å². The number of carbonyl (C=O) groups is 2. The summed E-state index contributed by atoms with van der Waals surface area (Å²) in [6.07, 6.45) is -2.56. The van der Waals surface area contributed by atoms with E-state index < -0.39 is 13.0 Å². The van der Waals surface area contributed by atoms with Crippen molar-refractivity contribution in [3.63, 3.8) is 0 Å². The highest BCUT2D eigenvalue weighted by atomic mass is 19.3. The molecule has 8 heteroatoms. The van der Waals surface area contributed by atoms with Crippen LogP contribution >= 0.6 is 0 Å². The van der Waals surface area contributed by atoms with Gasteiger partial charge in [-0.25, -0.2) is 13.8 Å². The summed E-state index contributed by atoms with van der Waals surface area (Å²) in [6.45, 7) is 5.99. The van der Waals surface area contributed by atoms with Gasteiger partial charge in [-0.15, -0.1) is 0 Å². The van der Waals surface area contributed by atoms with Crippen LogP contribution in [-0.4, -0.2) is 29.8 Å². The number of nitrogens with one attached hydrogen (secondary N) is 2. The van der Waals surface area contributed by atoms with E-state index >= 15 is 0 Å². The fourth-order valence-electron chi connectivity index (χ4n) is 2.68. The Morgan fingerprint density at radius 2 is 1.86 bits per heavy atom. The van der Waals surface area contributed by atoms with Gasteiger partial charge < -0.3 is 15.4 Å². The molecule has 6 nitrogen and oxygen atoms in total. The summed E-state index contributed by atoms with van der Waals surface area (Å²) in [5, 5.41) is 5.41. The van der Waals surface area contributed by atoms with Gasteiger partial charge in [0.1, 0.15) is 18.2 Å². The highest BCUT2D eigenvalue weighted by molar-refractivity contribution is 5.96. The van der Waals surface area contributed by atoms with Gasteiger partial charge in [0.05, 0.1) is 6.04 Å². The maximum Gasteiger partial charge on any atom is 0.272 e. The van der Waals surface area contributed by atoms with Crippen LogP contribution in [0.4, 0.5) is 14.6 Å². The molecule has 0 spiro atoms. The van der Waals surface area contributed by atoms with Gasteiger partial charge in [-0.2, -0.15) is 0 Å². The van der Waals surface area contributed by atoms with Crippen LogP contribution in [-0.2, 0) is 4.79 Å². The molecule has 1 atom stereocenters. The number of ether oxygens (including phenoxy) is 1. The summed E-state index contributed by atoms with van der Waals surface area (Å²) in [7, 11) is 0. The quantitative estimate of drug-likeness (QED) is 0.753. The molecule has 0 saturated carbocycles. The Labute approximate surface area is 162 Å². The minimum Gasteiger partial charge on any atom is -0.488 e. The molecule has 1 unspecified atom stereocenters. The van der Waals surface area contributed by atoms with Crippen LogP contribution in [0, 0.1) is 13.8 Å². The lowest BCUT2D eigenvalue weighted by molar-refractivity contribution is -0.114. The van der Waals surface area contributed by atoms with Gasteiger partial charge in [-0.1, -0.05) is 6.07 Å². The Balaban J connectivity index is 2.16. The topological polar surface area (TPSA) is 80.3 Å². The van der Waals surface area contributed by atoms with Crippen molar-refractivity contribution in [2.45, 2.75) is 40.2 Å². The SMILES string of the molecule is CC(=O)Nc1cc(C(=O)NC(C)c2cc(C)cc(OCC(F)F)c2)cc(C)n1. The van der Waals surface area contributed by atoms with Gasteiger partial charge in [0, 0.05) is 18.2 Å². The molecule has 2 aromatic rings. The van der Waals surface area contributed by atoms with Crippen molar-refractivity contribution in [3.8, 4) is 5.75 Å². The van der Waals surface area contributed by atoms with Gasteiger partial charge in [-0.05, 0) is 56.2 Å². The third-order valence-electron chi connectivity index (χ3n) is 3.82. The number of hydrogen-bond acceptors (Lipinski definition) is 4. The first-order valence-electron chi connectivity index (χ1n) is 8.73.